The lowest BCUT2D eigenvalue weighted by Crippen LogP contribution is -2.32. The van der Waals surface area contributed by atoms with Gasteiger partial charge in [0.1, 0.15) is 5.56 Å². The Kier molecular flexibility index (Phi) is 4.90. The van der Waals surface area contributed by atoms with Gasteiger partial charge in [0.2, 0.25) is 0 Å². The Bertz CT molecular complexity index is 647. The van der Waals surface area contributed by atoms with Crippen molar-refractivity contribution in [2.75, 3.05) is 19.6 Å². The smallest absolute Gasteiger partial charge is 0.257 e. The zero-order valence-corrected chi connectivity index (χ0v) is 13.2. The quantitative estimate of drug-likeness (QED) is 0.788. The average molecular weight is 289 g/mol. The number of hydrogen-bond acceptors (Lipinski definition) is 4. The fraction of sp³-hybridized carbons (Fsp3) is 0.533. The summed E-state index contributed by atoms with van der Waals surface area (Å²) < 4.78 is 1.73. The van der Waals surface area contributed by atoms with Crippen LogP contribution in [0, 0.1) is 20.8 Å². The first-order valence-electron chi connectivity index (χ1n) is 7.37. The van der Waals surface area contributed by atoms with E-state index in [1.165, 1.54) is 0 Å². The van der Waals surface area contributed by atoms with Crippen molar-refractivity contribution in [1.29, 1.82) is 0 Å². The van der Waals surface area contributed by atoms with Gasteiger partial charge in [-0.1, -0.05) is 6.92 Å². The SMILES string of the molecule is CCCNCCNC(=O)c1c(C)nn2c(C)cc(C)nc12. The highest BCUT2D eigenvalue weighted by Gasteiger charge is 2.19. The molecule has 6 nitrogen and oxygen atoms in total. The number of carbonyl (C=O) groups is 1. The molecule has 0 aliphatic heterocycles. The predicted molar refractivity (Wildman–Crippen MR) is 82.7 cm³/mol. The van der Waals surface area contributed by atoms with E-state index in [0.717, 1.165) is 30.9 Å². The van der Waals surface area contributed by atoms with Gasteiger partial charge in [-0.2, -0.15) is 5.10 Å². The summed E-state index contributed by atoms with van der Waals surface area (Å²) in [5.74, 6) is -0.113. The molecule has 0 radical (unpaired) electrons. The lowest BCUT2D eigenvalue weighted by Gasteiger charge is -2.06. The first-order valence-corrected chi connectivity index (χ1v) is 7.37. The molecule has 2 N–H and O–H groups in total. The highest BCUT2D eigenvalue weighted by atomic mass is 16.1. The molecule has 0 saturated carbocycles. The highest BCUT2D eigenvalue weighted by molar-refractivity contribution is 6.01. The normalized spacial score (nSPS) is 11.0. The number of aromatic nitrogens is 3. The zero-order valence-electron chi connectivity index (χ0n) is 13.2. The van der Waals surface area contributed by atoms with E-state index < -0.39 is 0 Å². The molecule has 114 valence electrons. The summed E-state index contributed by atoms with van der Waals surface area (Å²) in [6.45, 7) is 10.2. The average Bonchev–Trinajstić information content (AvgIpc) is 2.75. The topological polar surface area (TPSA) is 71.3 Å². The monoisotopic (exact) mass is 289 g/mol. The Hall–Kier alpha value is -1.95. The molecule has 0 aliphatic rings. The molecule has 6 heteroatoms. The largest absolute Gasteiger partial charge is 0.351 e. The molecule has 2 heterocycles. The van der Waals surface area contributed by atoms with E-state index in [1.807, 2.05) is 26.8 Å². The number of hydrogen-bond donors (Lipinski definition) is 2. The van der Waals surface area contributed by atoms with Crippen LogP contribution in [0.3, 0.4) is 0 Å². The number of nitrogens with zero attached hydrogens (tertiary/aromatic N) is 3. The second-order valence-corrected chi connectivity index (χ2v) is 5.24. The van der Waals surface area contributed by atoms with Gasteiger partial charge in [0.25, 0.3) is 5.91 Å². The highest BCUT2D eigenvalue weighted by Crippen LogP contribution is 2.15. The summed E-state index contributed by atoms with van der Waals surface area (Å²) in [5.41, 5.74) is 3.76. The number of fused-ring (bicyclic) bond motifs is 1. The van der Waals surface area contributed by atoms with Gasteiger partial charge >= 0.3 is 0 Å². The summed E-state index contributed by atoms with van der Waals surface area (Å²) in [5, 5.41) is 10.6. The third kappa shape index (κ3) is 3.39. The minimum atomic E-state index is -0.113. The Balaban J connectivity index is 2.17. The third-order valence-electron chi connectivity index (χ3n) is 3.31. The lowest BCUT2D eigenvalue weighted by molar-refractivity contribution is 0.0955. The van der Waals surface area contributed by atoms with Crippen LogP contribution in [0.15, 0.2) is 6.07 Å². The number of aryl methyl sites for hydroxylation is 3. The maximum absolute atomic E-state index is 12.4. The molecule has 0 unspecified atom stereocenters. The molecule has 0 atom stereocenters. The molecule has 0 fully saturated rings. The van der Waals surface area contributed by atoms with Gasteiger partial charge in [-0.15, -0.1) is 0 Å². The zero-order chi connectivity index (χ0) is 15.4. The van der Waals surface area contributed by atoms with E-state index >= 15 is 0 Å². The molecule has 0 aliphatic carbocycles. The molecule has 2 aromatic rings. The standard InChI is InChI=1S/C15H23N5O/c1-5-6-16-7-8-17-15(21)13-12(4)19-20-11(3)9-10(2)18-14(13)20/h9,16H,5-8H2,1-4H3,(H,17,21). The van der Waals surface area contributed by atoms with Gasteiger partial charge < -0.3 is 10.6 Å². The van der Waals surface area contributed by atoms with E-state index in [2.05, 4.69) is 27.6 Å². The molecular formula is C15H23N5O. The molecule has 21 heavy (non-hydrogen) atoms. The van der Waals surface area contributed by atoms with Crippen LogP contribution in [0.25, 0.3) is 5.65 Å². The van der Waals surface area contributed by atoms with Crippen LogP contribution in [0.1, 0.15) is 40.8 Å². The van der Waals surface area contributed by atoms with Crippen LogP contribution in [0.2, 0.25) is 0 Å². The molecule has 0 spiro atoms. The first kappa shape index (κ1) is 15.4. The van der Waals surface area contributed by atoms with Gasteiger partial charge in [0, 0.05) is 24.5 Å². The van der Waals surface area contributed by atoms with Gasteiger partial charge in [0.15, 0.2) is 5.65 Å². The van der Waals surface area contributed by atoms with Crippen molar-refractivity contribution in [2.45, 2.75) is 34.1 Å². The maximum Gasteiger partial charge on any atom is 0.257 e. The fourth-order valence-corrected chi connectivity index (χ4v) is 2.35. The van der Waals surface area contributed by atoms with Crippen LogP contribution < -0.4 is 10.6 Å². The van der Waals surface area contributed by atoms with Crippen molar-refractivity contribution in [1.82, 2.24) is 25.2 Å². The van der Waals surface area contributed by atoms with Crippen LogP contribution in [-0.2, 0) is 0 Å². The number of amides is 1. The third-order valence-corrected chi connectivity index (χ3v) is 3.31. The Morgan fingerprint density at radius 1 is 1.24 bits per heavy atom. The van der Waals surface area contributed by atoms with E-state index in [0.29, 0.717) is 23.4 Å². The Labute approximate surface area is 125 Å². The van der Waals surface area contributed by atoms with Crippen LogP contribution in [0.4, 0.5) is 0 Å². The summed E-state index contributed by atoms with van der Waals surface area (Å²) in [4.78, 5) is 16.8. The van der Waals surface area contributed by atoms with E-state index in [1.54, 1.807) is 4.52 Å². The summed E-state index contributed by atoms with van der Waals surface area (Å²) in [6.07, 6.45) is 1.09. The lowest BCUT2D eigenvalue weighted by atomic mass is 10.2. The maximum atomic E-state index is 12.4. The molecule has 0 saturated heterocycles. The van der Waals surface area contributed by atoms with E-state index in [4.69, 9.17) is 0 Å². The summed E-state index contributed by atoms with van der Waals surface area (Å²) in [7, 11) is 0. The molecule has 2 rings (SSSR count). The second-order valence-electron chi connectivity index (χ2n) is 5.24. The van der Waals surface area contributed by atoms with Gasteiger partial charge in [0.05, 0.1) is 5.69 Å². The van der Waals surface area contributed by atoms with E-state index in [9.17, 15) is 4.79 Å². The number of rotatable bonds is 6. The Morgan fingerprint density at radius 3 is 2.71 bits per heavy atom. The second kappa shape index (κ2) is 6.67. The molecule has 1 amide bonds. The van der Waals surface area contributed by atoms with Crippen molar-refractivity contribution >= 4 is 11.6 Å². The van der Waals surface area contributed by atoms with Crippen molar-refractivity contribution in [3.05, 3.63) is 28.7 Å². The van der Waals surface area contributed by atoms with Gasteiger partial charge in [-0.3, -0.25) is 4.79 Å². The fourth-order valence-electron chi connectivity index (χ4n) is 2.35. The van der Waals surface area contributed by atoms with Crippen molar-refractivity contribution in [2.24, 2.45) is 0 Å². The number of carbonyl (C=O) groups excluding carboxylic acids is 1. The minimum absolute atomic E-state index is 0.113. The summed E-state index contributed by atoms with van der Waals surface area (Å²) >= 11 is 0. The number of nitrogens with one attached hydrogen (secondary N) is 2. The minimum Gasteiger partial charge on any atom is -0.351 e. The Morgan fingerprint density at radius 2 is 2.00 bits per heavy atom. The van der Waals surface area contributed by atoms with Crippen LogP contribution >= 0.6 is 0 Å². The molecular weight excluding hydrogens is 266 g/mol. The van der Waals surface area contributed by atoms with Crippen molar-refractivity contribution in [3.8, 4) is 0 Å². The van der Waals surface area contributed by atoms with E-state index in [-0.39, 0.29) is 5.91 Å². The van der Waals surface area contributed by atoms with Crippen molar-refractivity contribution < 1.29 is 4.79 Å². The first-order chi connectivity index (χ1) is 10.0. The van der Waals surface area contributed by atoms with Crippen LogP contribution in [-0.4, -0.2) is 40.1 Å². The molecule has 2 aromatic heterocycles. The molecule has 0 bridgehead atoms. The van der Waals surface area contributed by atoms with Gasteiger partial charge in [-0.25, -0.2) is 9.50 Å². The summed E-state index contributed by atoms with van der Waals surface area (Å²) in [6, 6.07) is 1.95. The predicted octanol–water partition coefficient (Wildman–Crippen LogP) is 1.38. The molecule has 0 aromatic carbocycles. The van der Waals surface area contributed by atoms with Gasteiger partial charge in [-0.05, 0) is 39.8 Å². The van der Waals surface area contributed by atoms with Crippen LogP contribution in [0.5, 0.6) is 0 Å². The van der Waals surface area contributed by atoms with Crippen molar-refractivity contribution in [3.63, 3.8) is 0 Å².